The van der Waals surface area contributed by atoms with Gasteiger partial charge in [0.1, 0.15) is 6.04 Å². The fraction of sp³-hybridized carbons (Fsp3) is 0.308. The second kappa shape index (κ2) is 5.10. The van der Waals surface area contributed by atoms with E-state index >= 15 is 0 Å². The van der Waals surface area contributed by atoms with Gasteiger partial charge in [-0.25, -0.2) is 4.79 Å². The third kappa shape index (κ3) is 2.17. The Labute approximate surface area is 136 Å². The first kappa shape index (κ1) is 14.5. The number of carbonyl (C=O) groups is 2. The summed E-state index contributed by atoms with van der Waals surface area (Å²) in [5.74, 6) is -0.728. The topological polar surface area (TPSA) is 73.1 Å². The molecule has 21 heavy (non-hydrogen) atoms. The molecule has 0 saturated carbocycles. The molecule has 1 aromatic heterocycles. The third-order valence-corrected chi connectivity index (χ3v) is 5.65. The Kier molecular flexibility index (Phi) is 3.53. The van der Waals surface area contributed by atoms with E-state index in [1.165, 1.54) is 9.13 Å². The van der Waals surface area contributed by atoms with E-state index in [9.17, 15) is 14.4 Å². The molecule has 0 spiro atoms. The van der Waals surface area contributed by atoms with Crippen LogP contribution in [0.25, 0.3) is 11.0 Å². The van der Waals surface area contributed by atoms with Gasteiger partial charge < -0.3 is 0 Å². The van der Waals surface area contributed by atoms with Crippen LogP contribution in [0.1, 0.15) is 18.9 Å². The molecule has 2 heterocycles. The number of imide groups is 1. The lowest BCUT2D eigenvalue weighted by Crippen LogP contribution is -2.44. The van der Waals surface area contributed by atoms with Crippen molar-refractivity contribution in [2.45, 2.75) is 18.9 Å². The number of fused-ring (bicyclic) bond motifs is 1. The highest BCUT2D eigenvalue weighted by molar-refractivity contribution is 9.13. The minimum atomic E-state index is -0.660. The van der Waals surface area contributed by atoms with Crippen LogP contribution in [0, 0.1) is 0 Å². The van der Waals surface area contributed by atoms with Crippen LogP contribution in [0.2, 0.25) is 0 Å². The molecule has 110 valence electrons. The maximum atomic E-state index is 12.5. The Hall–Kier alpha value is -1.41. The van der Waals surface area contributed by atoms with Crippen LogP contribution in [-0.2, 0) is 16.6 Å². The molecule has 1 atom stereocenters. The number of imidazole rings is 1. The Morgan fingerprint density at radius 2 is 1.95 bits per heavy atom. The first-order chi connectivity index (χ1) is 9.91. The van der Waals surface area contributed by atoms with Gasteiger partial charge in [-0.3, -0.25) is 24.0 Å². The van der Waals surface area contributed by atoms with Crippen molar-refractivity contribution >= 4 is 54.7 Å². The van der Waals surface area contributed by atoms with E-state index < -0.39 is 11.9 Å². The number of carbonyl (C=O) groups excluding carboxylic acids is 2. The highest BCUT2D eigenvalue weighted by Gasteiger charge is 2.31. The number of nitrogens with zero attached hydrogens (tertiary/aromatic N) is 2. The van der Waals surface area contributed by atoms with Gasteiger partial charge in [0.2, 0.25) is 11.8 Å². The maximum Gasteiger partial charge on any atom is 0.329 e. The molecule has 1 saturated heterocycles. The van der Waals surface area contributed by atoms with Crippen molar-refractivity contribution in [3.63, 3.8) is 0 Å². The number of benzene rings is 1. The lowest BCUT2D eigenvalue weighted by Gasteiger charge is -2.21. The van der Waals surface area contributed by atoms with Crippen LogP contribution >= 0.6 is 31.9 Å². The number of amides is 2. The predicted octanol–water partition coefficient (Wildman–Crippen LogP) is 1.84. The van der Waals surface area contributed by atoms with Gasteiger partial charge in [0.25, 0.3) is 0 Å². The second-order valence-corrected chi connectivity index (χ2v) is 6.55. The highest BCUT2D eigenvalue weighted by atomic mass is 79.9. The average Bonchev–Trinajstić information content (AvgIpc) is 2.68. The maximum absolute atomic E-state index is 12.5. The first-order valence-corrected chi connectivity index (χ1v) is 7.89. The molecule has 1 unspecified atom stereocenters. The van der Waals surface area contributed by atoms with Gasteiger partial charge in [-0.1, -0.05) is 0 Å². The smallest absolute Gasteiger partial charge is 0.295 e. The Balaban J connectivity index is 2.27. The van der Waals surface area contributed by atoms with Gasteiger partial charge in [-0.05, 0) is 50.4 Å². The summed E-state index contributed by atoms with van der Waals surface area (Å²) >= 11 is 6.86. The van der Waals surface area contributed by atoms with Crippen molar-refractivity contribution < 1.29 is 9.59 Å². The number of piperidine rings is 1. The molecule has 8 heteroatoms. The quantitative estimate of drug-likeness (QED) is 0.721. The minimum Gasteiger partial charge on any atom is -0.295 e. The van der Waals surface area contributed by atoms with Crippen LogP contribution in [0.5, 0.6) is 0 Å². The monoisotopic (exact) mass is 415 g/mol. The molecule has 1 fully saturated rings. The molecule has 0 aliphatic carbocycles. The van der Waals surface area contributed by atoms with Gasteiger partial charge in [-0.15, -0.1) is 0 Å². The number of halogens is 2. The van der Waals surface area contributed by atoms with Gasteiger partial charge in [0, 0.05) is 17.9 Å². The van der Waals surface area contributed by atoms with E-state index in [-0.39, 0.29) is 18.0 Å². The summed E-state index contributed by atoms with van der Waals surface area (Å²) in [5, 5.41) is 2.29. The van der Waals surface area contributed by atoms with E-state index in [4.69, 9.17) is 0 Å². The molecule has 0 radical (unpaired) electrons. The predicted molar refractivity (Wildman–Crippen MR) is 84.0 cm³/mol. The molecule has 2 aromatic rings. The molecular formula is C13H11Br2N3O3. The van der Waals surface area contributed by atoms with E-state index in [2.05, 4.69) is 37.2 Å². The summed E-state index contributed by atoms with van der Waals surface area (Å²) in [7, 11) is 1.66. The minimum absolute atomic E-state index is 0.233. The van der Waals surface area contributed by atoms with E-state index in [1.807, 2.05) is 6.07 Å². The number of rotatable bonds is 1. The van der Waals surface area contributed by atoms with Crippen LogP contribution < -0.4 is 11.0 Å². The summed E-state index contributed by atoms with van der Waals surface area (Å²) in [6.45, 7) is 0. The van der Waals surface area contributed by atoms with E-state index in [1.54, 1.807) is 13.1 Å². The largest absolute Gasteiger partial charge is 0.329 e. The first-order valence-electron chi connectivity index (χ1n) is 6.30. The lowest BCUT2D eigenvalue weighted by molar-refractivity contribution is -0.135. The summed E-state index contributed by atoms with van der Waals surface area (Å²) < 4.78 is 4.53. The van der Waals surface area contributed by atoms with Crippen molar-refractivity contribution in [1.29, 1.82) is 0 Å². The summed E-state index contributed by atoms with van der Waals surface area (Å²) in [6.07, 6.45) is 0.564. The molecule has 1 aliphatic heterocycles. The number of aromatic nitrogens is 2. The van der Waals surface area contributed by atoms with Crippen molar-refractivity contribution in [2.24, 2.45) is 7.05 Å². The molecular weight excluding hydrogens is 406 g/mol. The second-order valence-electron chi connectivity index (χ2n) is 4.91. The summed E-state index contributed by atoms with van der Waals surface area (Å²) in [6, 6.07) is 2.94. The van der Waals surface area contributed by atoms with Crippen LogP contribution in [-0.4, -0.2) is 20.9 Å². The zero-order valence-electron chi connectivity index (χ0n) is 11.0. The van der Waals surface area contributed by atoms with Crippen LogP contribution in [0.4, 0.5) is 0 Å². The summed E-state index contributed by atoms with van der Waals surface area (Å²) in [5.41, 5.74) is 1.09. The molecule has 2 amide bonds. The summed E-state index contributed by atoms with van der Waals surface area (Å²) in [4.78, 5) is 35.8. The lowest BCUT2D eigenvalue weighted by atomic mass is 10.1. The van der Waals surface area contributed by atoms with Crippen molar-refractivity contribution in [1.82, 2.24) is 14.5 Å². The van der Waals surface area contributed by atoms with Crippen molar-refractivity contribution in [3.05, 3.63) is 31.6 Å². The molecule has 3 rings (SSSR count). The average molecular weight is 417 g/mol. The van der Waals surface area contributed by atoms with Gasteiger partial charge in [0.15, 0.2) is 0 Å². The van der Waals surface area contributed by atoms with Crippen molar-refractivity contribution in [3.8, 4) is 0 Å². The Bertz CT molecular complexity index is 837. The molecule has 1 N–H and O–H groups in total. The zero-order chi connectivity index (χ0) is 15.3. The van der Waals surface area contributed by atoms with Crippen molar-refractivity contribution in [2.75, 3.05) is 0 Å². The number of aryl methyl sites for hydroxylation is 1. The highest BCUT2D eigenvalue weighted by Crippen LogP contribution is 2.32. The Morgan fingerprint density at radius 1 is 1.24 bits per heavy atom. The number of hydrogen-bond acceptors (Lipinski definition) is 3. The Morgan fingerprint density at radius 3 is 2.62 bits per heavy atom. The van der Waals surface area contributed by atoms with E-state index in [0.29, 0.717) is 17.5 Å². The van der Waals surface area contributed by atoms with Gasteiger partial charge >= 0.3 is 5.69 Å². The number of hydrogen-bond donors (Lipinski definition) is 1. The molecule has 1 aliphatic rings. The van der Waals surface area contributed by atoms with E-state index in [0.717, 1.165) is 8.95 Å². The number of nitrogens with one attached hydrogen (secondary N) is 1. The van der Waals surface area contributed by atoms with Crippen LogP contribution in [0.3, 0.4) is 0 Å². The standard InChI is InChI=1S/C13H11Br2N3O3/c1-17-11-7(3-2-6(14)10(11)15)18(13(17)21)8-4-5-9(19)16-12(8)20/h2-3,8H,4-5H2,1H3,(H,16,19,20). The zero-order valence-corrected chi connectivity index (χ0v) is 14.2. The normalized spacial score (nSPS) is 19.1. The van der Waals surface area contributed by atoms with Gasteiger partial charge in [0.05, 0.1) is 15.5 Å². The molecule has 0 bridgehead atoms. The fourth-order valence-corrected chi connectivity index (χ4v) is 3.55. The SMILES string of the molecule is Cn1c(=O)n(C2CCC(=O)NC2=O)c2ccc(Br)c(Br)c21. The fourth-order valence-electron chi connectivity index (χ4n) is 2.63. The molecule has 6 nitrogen and oxygen atoms in total. The van der Waals surface area contributed by atoms with Crippen LogP contribution in [0.15, 0.2) is 25.9 Å². The third-order valence-electron chi connectivity index (χ3n) is 3.66. The van der Waals surface area contributed by atoms with Gasteiger partial charge in [-0.2, -0.15) is 0 Å². The molecule has 1 aromatic carbocycles.